The highest BCUT2D eigenvalue weighted by molar-refractivity contribution is 5.85. The molecule has 0 aliphatic heterocycles. The van der Waals surface area contributed by atoms with Crippen molar-refractivity contribution in [2.24, 2.45) is 0 Å². The average molecular weight is 165 g/mol. The summed E-state index contributed by atoms with van der Waals surface area (Å²) >= 11 is 0. The number of nitrogens with two attached hydrogens (primary N) is 1. The standard InChI is InChI=1S/C9H11NO2/c1-2-12-8-5-3-4-7(6-11)9(8)10/h3-6H,2,10H2,1H3. The molecule has 0 saturated carbocycles. The zero-order valence-corrected chi connectivity index (χ0v) is 6.91. The van der Waals surface area contributed by atoms with Crippen LogP contribution < -0.4 is 10.5 Å². The molecule has 3 nitrogen and oxygen atoms in total. The number of nitrogen functional groups attached to an aromatic ring is 1. The lowest BCUT2D eigenvalue weighted by Crippen LogP contribution is -1.99. The smallest absolute Gasteiger partial charge is 0.152 e. The maximum Gasteiger partial charge on any atom is 0.152 e. The number of hydrogen-bond acceptors (Lipinski definition) is 3. The second-order valence-corrected chi connectivity index (χ2v) is 2.31. The molecule has 0 saturated heterocycles. The van der Waals surface area contributed by atoms with E-state index >= 15 is 0 Å². The lowest BCUT2D eigenvalue weighted by atomic mass is 10.2. The number of hydrogen-bond donors (Lipinski definition) is 1. The molecule has 0 bridgehead atoms. The molecule has 0 atom stereocenters. The minimum absolute atomic E-state index is 0.411. The van der Waals surface area contributed by atoms with E-state index in [1.165, 1.54) is 0 Å². The van der Waals surface area contributed by atoms with Crippen LogP contribution in [0.3, 0.4) is 0 Å². The Morgan fingerprint density at radius 1 is 1.58 bits per heavy atom. The second-order valence-electron chi connectivity index (χ2n) is 2.31. The second kappa shape index (κ2) is 3.76. The van der Waals surface area contributed by atoms with E-state index in [4.69, 9.17) is 10.5 Å². The third-order valence-electron chi connectivity index (χ3n) is 1.53. The average Bonchev–Trinajstić information content (AvgIpc) is 2.09. The summed E-state index contributed by atoms with van der Waals surface area (Å²) in [5, 5.41) is 0. The molecule has 0 amide bonds. The van der Waals surface area contributed by atoms with Gasteiger partial charge in [-0.2, -0.15) is 0 Å². The van der Waals surface area contributed by atoms with Gasteiger partial charge in [0.05, 0.1) is 12.3 Å². The molecule has 2 N–H and O–H groups in total. The fraction of sp³-hybridized carbons (Fsp3) is 0.222. The molecule has 0 unspecified atom stereocenters. The topological polar surface area (TPSA) is 52.3 Å². The van der Waals surface area contributed by atoms with Gasteiger partial charge in [0, 0.05) is 5.56 Å². The number of carbonyl (C=O) groups excluding carboxylic acids is 1. The van der Waals surface area contributed by atoms with Crippen LogP contribution in [0, 0.1) is 0 Å². The molecule has 12 heavy (non-hydrogen) atoms. The number of anilines is 1. The lowest BCUT2D eigenvalue weighted by Gasteiger charge is -2.06. The Morgan fingerprint density at radius 2 is 2.33 bits per heavy atom. The van der Waals surface area contributed by atoms with Crippen molar-refractivity contribution in [3.05, 3.63) is 23.8 Å². The molecular weight excluding hydrogens is 154 g/mol. The van der Waals surface area contributed by atoms with Gasteiger partial charge in [-0.25, -0.2) is 0 Å². The highest BCUT2D eigenvalue weighted by Gasteiger charge is 2.03. The van der Waals surface area contributed by atoms with Crippen LogP contribution in [0.2, 0.25) is 0 Å². The molecule has 0 aliphatic carbocycles. The summed E-state index contributed by atoms with van der Waals surface area (Å²) in [5.41, 5.74) is 6.51. The van der Waals surface area contributed by atoms with E-state index in [1.807, 2.05) is 6.92 Å². The maximum atomic E-state index is 10.4. The van der Waals surface area contributed by atoms with E-state index in [9.17, 15) is 4.79 Å². The first-order valence-electron chi connectivity index (χ1n) is 3.76. The molecule has 0 heterocycles. The highest BCUT2D eigenvalue weighted by atomic mass is 16.5. The van der Waals surface area contributed by atoms with E-state index < -0.39 is 0 Å². The number of rotatable bonds is 3. The number of carbonyl (C=O) groups is 1. The molecule has 0 radical (unpaired) electrons. The molecule has 3 heteroatoms. The summed E-state index contributed by atoms with van der Waals surface area (Å²) in [5.74, 6) is 0.571. The van der Waals surface area contributed by atoms with Crippen molar-refractivity contribution in [2.45, 2.75) is 6.92 Å². The highest BCUT2D eigenvalue weighted by Crippen LogP contribution is 2.23. The van der Waals surface area contributed by atoms with Gasteiger partial charge < -0.3 is 10.5 Å². The summed E-state index contributed by atoms with van der Waals surface area (Å²) in [6.45, 7) is 2.42. The molecular formula is C9H11NO2. The third-order valence-corrected chi connectivity index (χ3v) is 1.53. The number of benzene rings is 1. The van der Waals surface area contributed by atoms with Crippen molar-refractivity contribution in [2.75, 3.05) is 12.3 Å². The summed E-state index contributed by atoms with van der Waals surface area (Å²) in [4.78, 5) is 10.4. The predicted octanol–water partition coefficient (Wildman–Crippen LogP) is 1.48. The van der Waals surface area contributed by atoms with Crippen molar-refractivity contribution in [3.63, 3.8) is 0 Å². The largest absolute Gasteiger partial charge is 0.492 e. The Kier molecular flexibility index (Phi) is 2.69. The number of para-hydroxylation sites is 1. The summed E-state index contributed by atoms with van der Waals surface area (Å²) in [6, 6.07) is 5.14. The lowest BCUT2D eigenvalue weighted by molar-refractivity contribution is 0.112. The van der Waals surface area contributed by atoms with Crippen LogP contribution in [-0.2, 0) is 0 Å². The SMILES string of the molecule is CCOc1cccc(C=O)c1N. The van der Waals surface area contributed by atoms with E-state index in [0.29, 0.717) is 23.6 Å². The minimum atomic E-state index is 0.411. The van der Waals surface area contributed by atoms with Gasteiger partial charge in [-0.3, -0.25) is 4.79 Å². The van der Waals surface area contributed by atoms with Crippen LogP contribution in [0.4, 0.5) is 5.69 Å². The molecule has 1 aromatic rings. The van der Waals surface area contributed by atoms with Crippen molar-refractivity contribution in [1.82, 2.24) is 0 Å². The summed E-state index contributed by atoms with van der Waals surface area (Å²) in [7, 11) is 0. The van der Waals surface area contributed by atoms with Crippen molar-refractivity contribution in [1.29, 1.82) is 0 Å². The van der Waals surface area contributed by atoms with Gasteiger partial charge in [0.1, 0.15) is 5.75 Å². The number of aldehydes is 1. The molecule has 1 aromatic carbocycles. The molecule has 0 aliphatic rings. The molecule has 64 valence electrons. The zero-order chi connectivity index (χ0) is 8.97. The van der Waals surface area contributed by atoms with Gasteiger partial charge in [0.2, 0.25) is 0 Å². The predicted molar refractivity (Wildman–Crippen MR) is 47.4 cm³/mol. The third kappa shape index (κ3) is 1.56. The first-order chi connectivity index (χ1) is 5.79. The zero-order valence-electron chi connectivity index (χ0n) is 6.91. The first-order valence-corrected chi connectivity index (χ1v) is 3.76. The maximum absolute atomic E-state index is 10.4. The Hall–Kier alpha value is -1.51. The first kappa shape index (κ1) is 8.59. The van der Waals surface area contributed by atoms with Crippen LogP contribution in [0.25, 0.3) is 0 Å². The Labute approximate surface area is 71.1 Å². The normalized spacial score (nSPS) is 9.42. The van der Waals surface area contributed by atoms with Crippen molar-refractivity contribution >= 4 is 12.0 Å². The minimum Gasteiger partial charge on any atom is -0.492 e. The van der Waals surface area contributed by atoms with Gasteiger partial charge in [-0.15, -0.1) is 0 Å². The van der Waals surface area contributed by atoms with Crippen LogP contribution in [0.5, 0.6) is 5.75 Å². The van der Waals surface area contributed by atoms with Gasteiger partial charge >= 0.3 is 0 Å². The van der Waals surface area contributed by atoms with E-state index in [2.05, 4.69) is 0 Å². The fourth-order valence-corrected chi connectivity index (χ4v) is 0.945. The fourth-order valence-electron chi connectivity index (χ4n) is 0.945. The van der Waals surface area contributed by atoms with E-state index in [-0.39, 0.29) is 0 Å². The number of ether oxygens (including phenoxy) is 1. The Bertz CT molecular complexity index is 284. The Morgan fingerprint density at radius 3 is 2.92 bits per heavy atom. The van der Waals surface area contributed by atoms with Crippen LogP contribution >= 0.6 is 0 Å². The van der Waals surface area contributed by atoms with Gasteiger partial charge in [-0.05, 0) is 19.1 Å². The molecule has 0 fully saturated rings. The van der Waals surface area contributed by atoms with Crippen LogP contribution in [0.1, 0.15) is 17.3 Å². The van der Waals surface area contributed by atoms with Gasteiger partial charge in [0.25, 0.3) is 0 Å². The molecule has 0 aromatic heterocycles. The van der Waals surface area contributed by atoms with Crippen molar-refractivity contribution < 1.29 is 9.53 Å². The monoisotopic (exact) mass is 165 g/mol. The van der Waals surface area contributed by atoms with Crippen LogP contribution in [-0.4, -0.2) is 12.9 Å². The molecule has 0 spiro atoms. The van der Waals surface area contributed by atoms with Crippen molar-refractivity contribution in [3.8, 4) is 5.75 Å². The quantitative estimate of drug-likeness (QED) is 0.545. The van der Waals surface area contributed by atoms with Crippen LogP contribution in [0.15, 0.2) is 18.2 Å². The van der Waals surface area contributed by atoms with Gasteiger partial charge in [-0.1, -0.05) is 6.07 Å². The van der Waals surface area contributed by atoms with Gasteiger partial charge in [0.15, 0.2) is 6.29 Å². The van der Waals surface area contributed by atoms with E-state index in [0.717, 1.165) is 6.29 Å². The summed E-state index contributed by atoms with van der Waals surface area (Å²) < 4.78 is 5.20. The summed E-state index contributed by atoms with van der Waals surface area (Å²) in [6.07, 6.45) is 0.720. The molecule has 1 rings (SSSR count). The van der Waals surface area contributed by atoms with E-state index in [1.54, 1.807) is 18.2 Å². The Balaban J connectivity index is 3.04.